The zero-order chi connectivity index (χ0) is 11.0. The van der Waals surface area contributed by atoms with Crippen LogP contribution < -0.4 is 0 Å². The molecule has 2 fully saturated rings. The molecule has 0 aliphatic carbocycles. The summed E-state index contributed by atoms with van der Waals surface area (Å²) < 4.78 is 5.42. The van der Waals surface area contributed by atoms with Crippen molar-refractivity contribution in [3.8, 4) is 0 Å². The fraction of sp³-hybridized carbons (Fsp3) is 0.909. The topological polar surface area (TPSA) is 29.5 Å². The molecule has 4 atom stereocenters. The van der Waals surface area contributed by atoms with Crippen molar-refractivity contribution in [3.05, 3.63) is 0 Å². The van der Waals surface area contributed by atoms with Crippen LogP contribution in [0.3, 0.4) is 0 Å². The number of hydrogen-bond acceptors (Lipinski definition) is 2. The van der Waals surface area contributed by atoms with Gasteiger partial charge in [0.15, 0.2) is 0 Å². The molecule has 0 aromatic heterocycles. The Labute approximate surface area is 95.7 Å². The molecule has 2 aliphatic rings. The van der Waals surface area contributed by atoms with E-state index in [1.165, 1.54) is 0 Å². The summed E-state index contributed by atoms with van der Waals surface area (Å²) in [6.45, 7) is 6.20. The summed E-state index contributed by atoms with van der Waals surface area (Å²) in [6, 6.07) is 0. The first-order valence-corrected chi connectivity index (χ1v) is 6.06. The van der Waals surface area contributed by atoms with E-state index in [4.69, 9.17) is 16.3 Å². The first kappa shape index (κ1) is 11.2. The van der Waals surface area contributed by atoms with Gasteiger partial charge in [-0.2, -0.15) is 0 Å². The van der Waals surface area contributed by atoms with E-state index in [0.29, 0.717) is 19.1 Å². The van der Waals surface area contributed by atoms with E-state index in [0.717, 1.165) is 13.0 Å². The predicted molar refractivity (Wildman–Crippen MR) is 58.9 cm³/mol. The molecule has 2 saturated heterocycles. The summed E-state index contributed by atoms with van der Waals surface area (Å²) in [4.78, 5) is 14.0. The minimum atomic E-state index is 0.0640. The fourth-order valence-electron chi connectivity index (χ4n) is 2.35. The van der Waals surface area contributed by atoms with Crippen LogP contribution in [0, 0.1) is 11.8 Å². The second-order valence-electron chi connectivity index (χ2n) is 4.81. The van der Waals surface area contributed by atoms with Crippen LogP contribution in [-0.4, -0.2) is 42.0 Å². The van der Waals surface area contributed by atoms with Crippen LogP contribution in [-0.2, 0) is 9.53 Å². The Kier molecular flexibility index (Phi) is 3.21. The van der Waals surface area contributed by atoms with Crippen molar-refractivity contribution in [2.75, 3.05) is 19.7 Å². The number of carbonyl (C=O) groups excluding carboxylic acids is 1. The number of carbonyl (C=O) groups is 1. The van der Waals surface area contributed by atoms with Crippen LogP contribution >= 0.6 is 11.6 Å². The first-order valence-electron chi connectivity index (χ1n) is 5.62. The van der Waals surface area contributed by atoms with Gasteiger partial charge in [-0.05, 0) is 19.3 Å². The second-order valence-corrected chi connectivity index (χ2v) is 5.37. The van der Waals surface area contributed by atoms with Crippen molar-refractivity contribution in [1.82, 2.24) is 4.90 Å². The maximum absolute atomic E-state index is 12.1. The summed E-state index contributed by atoms with van der Waals surface area (Å²) in [5.41, 5.74) is 0. The lowest BCUT2D eigenvalue weighted by molar-refractivity contribution is -0.134. The van der Waals surface area contributed by atoms with Gasteiger partial charge in [-0.3, -0.25) is 4.79 Å². The smallest absolute Gasteiger partial charge is 0.228 e. The van der Waals surface area contributed by atoms with Crippen LogP contribution in [0.4, 0.5) is 0 Å². The van der Waals surface area contributed by atoms with Gasteiger partial charge in [-0.1, -0.05) is 6.92 Å². The van der Waals surface area contributed by atoms with Crippen LogP contribution in [0.1, 0.15) is 20.3 Å². The van der Waals surface area contributed by atoms with Gasteiger partial charge in [-0.15, -0.1) is 11.6 Å². The Morgan fingerprint density at radius 2 is 2.13 bits per heavy atom. The summed E-state index contributed by atoms with van der Waals surface area (Å²) in [5, 5.41) is 0.119. The third kappa shape index (κ3) is 2.28. The van der Waals surface area contributed by atoms with Crippen molar-refractivity contribution in [2.45, 2.75) is 31.7 Å². The third-order valence-corrected chi connectivity index (χ3v) is 3.95. The molecule has 3 nitrogen and oxygen atoms in total. The molecule has 0 aromatic carbocycles. The lowest BCUT2D eigenvalue weighted by Gasteiger charge is -2.19. The van der Waals surface area contributed by atoms with Gasteiger partial charge in [-0.25, -0.2) is 0 Å². The van der Waals surface area contributed by atoms with Crippen molar-refractivity contribution >= 4 is 17.5 Å². The van der Waals surface area contributed by atoms with E-state index < -0.39 is 0 Å². The van der Waals surface area contributed by atoms with Gasteiger partial charge in [0, 0.05) is 13.1 Å². The molecule has 0 aromatic rings. The zero-order valence-electron chi connectivity index (χ0n) is 9.28. The summed E-state index contributed by atoms with van der Waals surface area (Å²) in [7, 11) is 0. The zero-order valence-corrected chi connectivity index (χ0v) is 10.0. The maximum atomic E-state index is 12.1. The highest BCUT2D eigenvalue weighted by Gasteiger charge is 2.36. The molecule has 0 bridgehead atoms. The average molecular weight is 232 g/mol. The predicted octanol–water partition coefficient (Wildman–Crippen LogP) is 1.50. The van der Waals surface area contributed by atoms with Gasteiger partial charge in [0.2, 0.25) is 5.91 Å². The van der Waals surface area contributed by atoms with Gasteiger partial charge >= 0.3 is 0 Å². The maximum Gasteiger partial charge on any atom is 0.228 e. The molecule has 15 heavy (non-hydrogen) atoms. The number of rotatable bonds is 1. The minimum absolute atomic E-state index is 0.0640. The molecule has 86 valence electrons. The Bertz CT molecular complexity index is 249. The minimum Gasteiger partial charge on any atom is -0.378 e. The van der Waals surface area contributed by atoms with E-state index in [1.54, 1.807) is 0 Å². The van der Waals surface area contributed by atoms with Gasteiger partial charge in [0.25, 0.3) is 0 Å². The highest BCUT2D eigenvalue weighted by molar-refractivity contribution is 6.21. The molecular weight excluding hydrogens is 214 g/mol. The number of hydrogen-bond donors (Lipinski definition) is 0. The van der Waals surface area contributed by atoms with Gasteiger partial charge in [0.05, 0.1) is 24.0 Å². The van der Waals surface area contributed by atoms with Crippen molar-refractivity contribution in [2.24, 2.45) is 11.8 Å². The normalized spacial score (nSPS) is 41.1. The SMILES string of the molecule is CC1CC(C(=O)N2CC(C)C(Cl)C2)CO1. The van der Waals surface area contributed by atoms with E-state index in [2.05, 4.69) is 6.92 Å². The largest absolute Gasteiger partial charge is 0.378 e. The van der Waals surface area contributed by atoms with Crippen molar-refractivity contribution < 1.29 is 9.53 Å². The van der Waals surface area contributed by atoms with Crippen molar-refractivity contribution in [3.63, 3.8) is 0 Å². The fourth-order valence-corrected chi connectivity index (χ4v) is 2.60. The van der Waals surface area contributed by atoms with Crippen molar-refractivity contribution in [1.29, 1.82) is 0 Å². The molecule has 2 heterocycles. The van der Waals surface area contributed by atoms with E-state index in [1.807, 2.05) is 11.8 Å². The number of halogens is 1. The molecule has 4 heteroatoms. The Hall–Kier alpha value is -0.280. The van der Waals surface area contributed by atoms with Crippen LogP contribution in [0.25, 0.3) is 0 Å². The molecule has 2 aliphatic heterocycles. The first-order chi connectivity index (χ1) is 7.08. The number of nitrogens with zero attached hydrogens (tertiary/aromatic N) is 1. The van der Waals surface area contributed by atoms with E-state index >= 15 is 0 Å². The number of ether oxygens (including phenoxy) is 1. The molecule has 1 amide bonds. The lowest BCUT2D eigenvalue weighted by Crippen LogP contribution is -2.35. The number of likely N-dealkylation sites (tertiary alicyclic amines) is 1. The molecule has 0 radical (unpaired) electrons. The van der Waals surface area contributed by atoms with Gasteiger partial charge in [0.1, 0.15) is 0 Å². The molecule has 4 unspecified atom stereocenters. The number of amides is 1. The van der Waals surface area contributed by atoms with E-state index in [9.17, 15) is 4.79 Å². The highest BCUT2D eigenvalue weighted by atomic mass is 35.5. The third-order valence-electron chi connectivity index (χ3n) is 3.38. The molecule has 2 rings (SSSR count). The Morgan fingerprint density at radius 1 is 1.40 bits per heavy atom. The summed E-state index contributed by atoms with van der Waals surface area (Å²) in [6.07, 6.45) is 1.09. The average Bonchev–Trinajstić information content (AvgIpc) is 2.74. The monoisotopic (exact) mass is 231 g/mol. The van der Waals surface area contributed by atoms with Gasteiger partial charge < -0.3 is 9.64 Å². The van der Waals surface area contributed by atoms with Crippen LogP contribution in [0.2, 0.25) is 0 Å². The molecule has 0 N–H and O–H groups in total. The lowest BCUT2D eigenvalue weighted by atomic mass is 10.1. The molecule has 0 spiro atoms. The molecular formula is C11H18ClNO2. The summed E-state index contributed by atoms with van der Waals surface area (Å²) in [5.74, 6) is 0.707. The summed E-state index contributed by atoms with van der Waals surface area (Å²) >= 11 is 6.11. The van der Waals surface area contributed by atoms with Crippen LogP contribution in [0.5, 0.6) is 0 Å². The van der Waals surface area contributed by atoms with Crippen LogP contribution in [0.15, 0.2) is 0 Å². The molecule has 0 saturated carbocycles. The Balaban J connectivity index is 1.92. The highest BCUT2D eigenvalue weighted by Crippen LogP contribution is 2.26. The quantitative estimate of drug-likeness (QED) is 0.640. The van der Waals surface area contributed by atoms with E-state index in [-0.39, 0.29) is 23.3 Å². The Morgan fingerprint density at radius 3 is 2.60 bits per heavy atom. The second kappa shape index (κ2) is 4.30. The number of alkyl halides is 1. The standard InChI is InChI=1S/C11H18ClNO2/c1-7-4-13(5-10(7)12)11(14)9-3-8(2)15-6-9/h7-10H,3-6H2,1-2H3.